The highest BCUT2D eigenvalue weighted by molar-refractivity contribution is 7.99. The fraction of sp³-hybridized carbons (Fsp3) is 0.200. The summed E-state index contributed by atoms with van der Waals surface area (Å²) in [4.78, 5) is 24.5. The Balaban J connectivity index is 1.52. The molecule has 1 heterocycles. The Morgan fingerprint density at radius 2 is 1.87 bits per heavy atom. The van der Waals surface area contributed by atoms with Gasteiger partial charge in [0.25, 0.3) is 5.91 Å². The van der Waals surface area contributed by atoms with E-state index < -0.39 is 0 Å². The van der Waals surface area contributed by atoms with Crippen LogP contribution in [0.15, 0.2) is 47.6 Å². The third kappa shape index (κ3) is 6.13. The Labute approximate surface area is 193 Å². The molecule has 0 fully saturated rings. The van der Waals surface area contributed by atoms with E-state index in [1.165, 1.54) is 11.8 Å². The maximum absolute atomic E-state index is 12.3. The molecule has 0 atom stereocenters. The highest BCUT2D eigenvalue weighted by Crippen LogP contribution is 2.26. The molecule has 3 rings (SSSR count). The first-order valence-corrected chi connectivity index (χ1v) is 10.8. The van der Waals surface area contributed by atoms with E-state index >= 15 is 0 Å². The van der Waals surface area contributed by atoms with Crippen LogP contribution in [-0.4, -0.2) is 39.4 Å². The van der Waals surface area contributed by atoms with Gasteiger partial charge in [-0.2, -0.15) is 0 Å². The number of halogens is 2. The molecule has 0 aliphatic carbocycles. The molecule has 1 aromatic heterocycles. The number of thioether (sulfide) groups is 1. The van der Waals surface area contributed by atoms with Crippen molar-refractivity contribution in [1.29, 1.82) is 0 Å². The van der Waals surface area contributed by atoms with Crippen LogP contribution in [0, 0.1) is 0 Å². The number of nitrogens with one attached hydrogen (secondary N) is 2. The van der Waals surface area contributed by atoms with Crippen LogP contribution in [0.3, 0.4) is 0 Å². The van der Waals surface area contributed by atoms with Crippen LogP contribution in [-0.2, 0) is 18.4 Å². The van der Waals surface area contributed by atoms with Crippen molar-refractivity contribution in [3.05, 3.63) is 63.9 Å². The summed E-state index contributed by atoms with van der Waals surface area (Å²) < 4.78 is 6.81. The molecule has 0 aliphatic heterocycles. The van der Waals surface area contributed by atoms with Crippen LogP contribution < -0.4 is 15.4 Å². The molecule has 8 nitrogen and oxygen atoms in total. The van der Waals surface area contributed by atoms with Gasteiger partial charge in [0, 0.05) is 17.6 Å². The highest BCUT2D eigenvalue weighted by atomic mass is 35.5. The van der Waals surface area contributed by atoms with Crippen molar-refractivity contribution in [3.8, 4) is 5.75 Å². The van der Waals surface area contributed by atoms with E-state index in [-0.39, 0.29) is 24.1 Å². The van der Waals surface area contributed by atoms with Crippen LogP contribution in [0.5, 0.6) is 5.75 Å². The van der Waals surface area contributed by atoms with Gasteiger partial charge in [-0.15, -0.1) is 10.2 Å². The third-order valence-corrected chi connectivity index (χ3v) is 5.80. The largest absolute Gasteiger partial charge is 0.497 e. The van der Waals surface area contributed by atoms with Crippen LogP contribution in [0.4, 0.5) is 5.69 Å². The number of ether oxygens (including phenoxy) is 1. The summed E-state index contributed by atoms with van der Waals surface area (Å²) >= 11 is 13.2. The number of anilines is 1. The van der Waals surface area contributed by atoms with E-state index in [2.05, 4.69) is 20.8 Å². The summed E-state index contributed by atoms with van der Waals surface area (Å²) in [5.41, 5.74) is 0.952. The number of aromatic nitrogens is 3. The van der Waals surface area contributed by atoms with Gasteiger partial charge in [0.2, 0.25) is 5.91 Å². The lowest BCUT2D eigenvalue weighted by molar-refractivity contribution is -0.113. The maximum Gasteiger partial charge on any atom is 0.251 e. The second-order valence-electron chi connectivity index (χ2n) is 6.33. The molecule has 0 radical (unpaired) electrons. The third-order valence-electron chi connectivity index (χ3n) is 4.22. The second kappa shape index (κ2) is 10.5. The second-order valence-corrected chi connectivity index (χ2v) is 8.12. The van der Waals surface area contributed by atoms with E-state index in [9.17, 15) is 9.59 Å². The molecule has 0 aliphatic rings. The number of hydrogen-bond acceptors (Lipinski definition) is 6. The standard InChI is InChI=1S/C20H19Cl2N5O3S/c1-27-17(10-23-19(29)12-3-6-14(30-2)7-4-12)25-26-20(27)31-11-18(28)24-16-9-13(21)5-8-15(16)22/h3-9H,10-11H2,1-2H3,(H,23,29)(H,24,28). The number of benzene rings is 2. The fourth-order valence-electron chi connectivity index (χ4n) is 2.54. The number of nitrogens with zero attached hydrogens (tertiary/aromatic N) is 3. The van der Waals surface area contributed by atoms with Crippen molar-refractivity contribution in [2.24, 2.45) is 7.05 Å². The summed E-state index contributed by atoms with van der Waals surface area (Å²) in [5, 5.41) is 15.1. The molecule has 11 heteroatoms. The van der Waals surface area contributed by atoms with Gasteiger partial charge in [-0.3, -0.25) is 9.59 Å². The molecule has 31 heavy (non-hydrogen) atoms. The smallest absolute Gasteiger partial charge is 0.251 e. The molecular weight excluding hydrogens is 461 g/mol. The van der Waals surface area contributed by atoms with Gasteiger partial charge in [-0.1, -0.05) is 35.0 Å². The Hall–Kier alpha value is -2.75. The molecule has 2 N–H and O–H groups in total. The van der Waals surface area contributed by atoms with E-state index in [4.69, 9.17) is 27.9 Å². The van der Waals surface area contributed by atoms with Gasteiger partial charge in [0.1, 0.15) is 5.75 Å². The lowest BCUT2D eigenvalue weighted by Gasteiger charge is -2.08. The van der Waals surface area contributed by atoms with Crippen LogP contribution >= 0.6 is 35.0 Å². The average molecular weight is 480 g/mol. The summed E-state index contributed by atoms with van der Waals surface area (Å²) in [5.74, 6) is 0.840. The molecule has 3 aromatic rings. The van der Waals surface area contributed by atoms with Gasteiger partial charge in [0.05, 0.1) is 30.1 Å². The van der Waals surface area contributed by atoms with Gasteiger partial charge in [-0.05, 0) is 42.5 Å². The molecule has 0 bridgehead atoms. The van der Waals surface area contributed by atoms with Crippen molar-refractivity contribution < 1.29 is 14.3 Å². The first-order chi connectivity index (χ1) is 14.9. The number of amides is 2. The van der Waals surface area contributed by atoms with Crippen molar-refractivity contribution in [3.63, 3.8) is 0 Å². The molecule has 2 aromatic carbocycles. The van der Waals surface area contributed by atoms with Crippen molar-refractivity contribution in [2.75, 3.05) is 18.2 Å². The SMILES string of the molecule is COc1ccc(C(=O)NCc2nnc(SCC(=O)Nc3cc(Cl)ccc3Cl)n2C)cc1. The van der Waals surface area contributed by atoms with E-state index in [1.54, 1.807) is 61.2 Å². The number of carbonyl (C=O) groups is 2. The minimum Gasteiger partial charge on any atom is -0.497 e. The van der Waals surface area contributed by atoms with Gasteiger partial charge >= 0.3 is 0 Å². The first kappa shape index (κ1) is 22.9. The molecule has 0 spiro atoms. The van der Waals surface area contributed by atoms with Gasteiger partial charge < -0.3 is 19.9 Å². The van der Waals surface area contributed by atoms with Crippen molar-refractivity contribution in [2.45, 2.75) is 11.7 Å². The van der Waals surface area contributed by atoms with Crippen molar-refractivity contribution in [1.82, 2.24) is 20.1 Å². The minimum atomic E-state index is -0.258. The van der Waals surface area contributed by atoms with Gasteiger partial charge in [0.15, 0.2) is 11.0 Å². The number of hydrogen-bond donors (Lipinski definition) is 2. The van der Waals surface area contributed by atoms with Crippen LogP contribution in [0.25, 0.3) is 0 Å². The molecular formula is C20H19Cl2N5O3S. The summed E-state index contributed by atoms with van der Waals surface area (Å²) in [6.45, 7) is 0.194. The Kier molecular flexibility index (Phi) is 7.78. The fourth-order valence-corrected chi connectivity index (χ4v) is 3.60. The summed E-state index contributed by atoms with van der Waals surface area (Å²) in [6, 6.07) is 11.6. The summed E-state index contributed by atoms with van der Waals surface area (Å²) in [7, 11) is 3.33. The predicted molar refractivity (Wildman–Crippen MR) is 121 cm³/mol. The molecule has 162 valence electrons. The number of carbonyl (C=O) groups excluding carboxylic acids is 2. The Morgan fingerprint density at radius 3 is 2.58 bits per heavy atom. The van der Waals surface area contributed by atoms with E-state index in [0.29, 0.717) is 38.0 Å². The Bertz CT molecular complexity index is 1090. The highest BCUT2D eigenvalue weighted by Gasteiger charge is 2.14. The molecule has 2 amide bonds. The minimum absolute atomic E-state index is 0.104. The first-order valence-electron chi connectivity index (χ1n) is 9.05. The van der Waals surface area contributed by atoms with E-state index in [1.807, 2.05) is 0 Å². The molecule has 0 saturated heterocycles. The van der Waals surface area contributed by atoms with Crippen LogP contribution in [0.2, 0.25) is 10.0 Å². The molecule has 0 saturated carbocycles. The number of rotatable bonds is 8. The zero-order valence-electron chi connectivity index (χ0n) is 16.7. The van der Waals surface area contributed by atoms with Crippen LogP contribution in [0.1, 0.15) is 16.2 Å². The Morgan fingerprint density at radius 1 is 1.13 bits per heavy atom. The summed E-state index contributed by atoms with van der Waals surface area (Å²) in [6.07, 6.45) is 0. The van der Waals surface area contributed by atoms with Crippen molar-refractivity contribution >= 4 is 52.5 Å². The van der Waals surface area contributed by atoms with E-state index in [0.717, 1.165) is 0 Å². The zero-order chi connectivity index (χ0) is 22.4. The lowest BCUT2D eigenvalue weighted by Crippen LogP contribution is -2.24. The topological polar surface area (TPSA) is 98.1 Å². The lowest BCUT2D eigenvalue weighted by atomic mass is 10.2. The zero-order valence-corrected chi connectivity index (χ0v) is 19.0. The monoisotopic (exact) mass is 479 g/mol. The quantitative estimate of drug-likeness (QED) is 0.476. The van der Waals surface area contributed by atoms with Gasteiger partial charge in [-0.25, -0.2) is 0 Å². The number of methoxy groups -OCH3 is 1. The average Bonchev–Trinajstić information content (AvgIpc) is 3.12. The normalized spacial score (nSPS) is 10.6. The maximum atomic E-state index is 12.3. The predicted octanol–water partition coefficient (Wildman–Crippen LogP) is 3.79. The molecule has 0 unspecified atom stereocenters.